The van der Waals surface area contributed by atoms with Crippen molar-refractivity contribution in [1.29, 1.82) is 0 Å². The minimum absolute atomic E-state index is 0.159. The van der Waals surface area contributed by atoms with Crippen molar-refractivity contribution in [1.82, 2.24) is 9.55 Å². The highest BCUT2D eigenvalue weighted by Gasteiger charge is 2.13. The van der Waals surface area contributed by atoms with Crippen LogP contribution in [0.25, 0.3) is 28.7 Å². The van der Waals surface area contributed by atoms with Crippen molar-refractivity contribution in [3.8, 4) is 5.69 Å². The predicted molar refractivity (Wildman–Crippen MR) is 129 cm³/mol. The molecule has 0 radical (unpaired) electrons. The van der Waals surface area contributed by atoms with Crippen molar-refractivity contribution in [3.63, 3.8) is 0 Å². The quantitative estimate of drug-likeness (QED) is 0.257. The molecule has 0 amide bonds. The van der Waals surface area contributed by atoms with Crippen LogP contribution < -0.4 is 5.56 Å². The molecule has 0 aliphatic carbocycles. The second-order valence-electron chi connectivity index (χ2n) is 6.39. The van der Waals surface area contributed by atoms with Gasteiger partial charge in [0.1, 0.15) is 5.82 Å². The van der Waals surface area contributed by atoms with Crippen LogP contribution in [0.5, 0.6) is 0 Å². The van der Waals surface area contributed by atoms with E-state index in [0.29, 0.717) is 34.6 Å². The number of nitrogens with zero attached hydrogens (tertiary/aromatic N) is 2. The number of ether oxygens (including phenoxy) is 1. The smallest absolute Gasteiger partial charge is 0.338 e. The van der Waals surface area contributed by atoms with Crippen molar-refractivity contribution in [2.45, 2.75) is 6.92 Å². The first-order valence-corrected chi connectivity index (χ1v) is 11.2. The summed E-state index contributed by atoms with van der Waals surface area (Å²) in [6, 6.07) is 16.4. The van der Waals surface area contributed by atoms with Gasteiger partial charge in [-0.25, -0.2) is 9.78 Å². The Morgan fingerprint density at radius 1 is 1.17 bits per heavy atom. The van der Waals surface area contributed by atoms with Gasteiger partial charge in [-0.1, -0.05) is 6.07 Å². The van der Waals surface area contributed by atoms with E-state index in [-0.39, 0.29) is 11.5 Å². The number of esters is 1. The summed E-state index contributed by atoms with van der Waals surface area (Å²) < 4.78 is 7.57. The van der Waals surface area contributed by atoms with E-state index >= 15 is 0 Å². The van der Waals surface area contributed by atoms with Crippen molar-refractivity contribution >= 4 is 63.0 Å². The van der Waals surface area contributed by atoms with Crippen molar-refractivity contribution in [2.24, 2.45) is 0 Å². The van der Waals surface area contributed by atoms with Crippen molar-refractivity contribution in [3.05, 3.63) is 90.2 Å². The summed E-state index contributed by atoms with van der Waals surface area (Å²) in [5.74, 6) is 0.131. The molecular weight excluding hydrogens is 511 g/mol. The summed E-state index contributed by atoms with van der Waals surface area (Å²) in [5.41, 5.74) is 1.55. The van der Waals surface area contributed by atoms with E-state index in [1.165, 1.54) is 0 Å². The molecule has 4 aromatic rings. The predicted octanol–water partition coefficient (Wildman–Crippen LogP) is 5.40. The maximum atomic E-state index is 13.4. The van der Waals surface area contributed by atoms with Gasteiger partial charge in [-0.05, 0) is 95.6 Å². The van der Waals surface area contributed by atoms with Gasteiger partial charge in [0.15, 0.2) is 0 Å². The molecule has 0 unspecified atom stereocenters. The Kier molecular flexibility index (Phi) is 6.10. The van der Waals surface area contributed by atoms with Crippen LogP contribution in [-0.4, -0.2) is 22.1 Å². The Hall–Kier alpha value is -2.78. The van der Waals surface area contributed by atoms with Gasteiger partial charge in [-0.3, -0.25) is 9.36 Å². The van der Waals surface area contributed by atoms with E-state index < -0.39 is 0 Å². The van der Waals surface area contributed by atoms with Gasteiger partial charge < -0.3 is 4.74 Å². The van der Waals surface area contributed by atoms with Crippen LogP contribution in [0.2, 0.25) is 0 Å². The zero-order valence-electron chi connectivity index (χ0n) is 16.0. The maximum absolute atomic E-state index is 13.4. The van der Waals surface area contributed by atoms with E-state index in [1.807, 2.05) is 47.9 Å². The van der Waals surface area contributed by atoms with Crippen LogP contribution in [0.15, 0.2) is 64.8 Å². The van der Waals surface area contributed by atoms with Gasteiger partial charge in [0, 0.05) is 8.45 Å². The third-order valence-corrected chi connectivity index (χ3v) is 5.94. The van der Waals surface area contributed by atoms with Gasteiger partial charge in [-0.15, -0.1) is 11.3 Å². The summed E-state index contributed by atoms with van der Waals surface area (Å²) in [6.07, 6.45) is 3.78. The minimum atomic E-state index is -0.389. The van der Waals surface area contributed by atoms with E-state index in [2.05, 4.69) is 22.6 Å². The lowest BCUT2D eigenvalue weighted by Crippen LogP contribution is -2.22. The van der Waals surface area contributed by atoms with Gasteiger partial charge >= 0.3 is 5.97 Å². The second-order valence-corrected chi connectivity index (χ2v) is 8.61. The maximum Gasteiger partial charge on any atom is 0.338 e. The highest BCUT2D eigenvalue weighted by Crippen LogP contribution is 2.19. The molecule has 0 saturated carbocycles. The number of benzene rings is 2. The SMILES string of the molecule is CCOC(=O)c1ccc(-n2c(C=Cc3cccs3)nc3ccc(I)cc3c2=O)cc1. The third kappa shape index (κ3) is 4.22. The molecule has 0 aliphatic heterocycles. The Morgan fingerprint density at radius 2 is 1.97 bits per heavy atom. The number of aromatic nitrogens is 2. The molecule has 0 fully saturated rings. The lowest BCUT2D eigenvalue weighted by Gasteiger charge is -2.12. The molecule has 30 heavy (non-hydrogen) atoms. The molecule has 150 valence electrons. The molecule has 0 aliphatic rings. The fraction of sp³-hybridized carbons (Fsp3) is 0.0870. The fourth-order valence-corrected chi connectivity index (χ4v) is 4.15. The first-order chi connectivity index (χ1) is 14.6. The van der Waals surface area contributed by atoms with Crippen LogP contribution in [0.1, 0.15) is 28.0 Å². The lowest BCUT2D eigenvalue weighted by molar-refractivity contribution is 0.0526. The van der Waals surface area contributed by atoms with Gasteiger partial charge in [0.2, 0.25) is 0 Å². The number of rotatable bonds is 5. The second kappa shape index (κ2) is 8.93. The summed E-state index contributed by atoms with van der Waals surface area (Å²) in [5, 5.41) is 2.54. The van der Waals surface area contributed by atoms with Gasteiger partial charge in [0.05, 0.1) is 28.8 Å². The molecule has 7 heteroatoms. The van der Waals surface area contributed by atoms with Crippen molar-refractivity contribution < 1.29 is 9.53 Å². The summed E-state index contributed by atoms with van der Waals surface area (Å²) in [6.45, 7) is 2.07. The van der Waals surface area contributed by atoms with Crippen LogP contribution in [0.4, 0.5) is 0 Å². The first kappa shape index (κ1) is 20.5. The van der Waals surface area contributed by atoms with Crippen LogP contribution in [0, 0.1) is 3.57 Å². The standard InChI is InChI=1S/C23H17IN2O3S/c1-2-29-23(28)15-5-8-17(9-6-15)26-21(12-10-18-4-3-13-30-18)25-20-11-7-16(24)14-19(20)22(26)27/h3-14H,2H2,1H3. The van der Waals surface area contributed by atoms with Gasteiger partial charge in [-0.2, -0.15) is 0 Å². The number of thiophene rings is 1. The van der Waals surface area contributed by atoms with Crippen LogP contribution >= 0.6 is 33.9 Å². The largest absolute Gasteiger partial charge is 0.462 e. The Bertz CT molecular complexity index is 1290. The molecule has 2 heterocycles. The topological polar surface area (TPSA) is 61.2 Å². The molecule has 0 atom stereocenters. The van der Waals surface area contributed by atoms with E-state index in [0.717, 1.165) is 8.45 Å². The summed E-state index contributed by atoms with van der Waals surface area (Å²) >= 11 is 3.79. The zero-order chi connectivity index (χ0) is 21.1. The Labute approximate surface area is 190 Å². The number of halogens is 1. The van der Waals surface area contributed by atoms with E-state index in [1.54, 1.807) is 47.1 Å². The molecule has 2 aromatic heterocycles. The lowest BCUT2D eigenvalue weighted by atomic mass is 10.2. The number of carbonyl (C=O) groups excluding carboxylic acids is 1. The third-order valence-electron chi connectivity index (χ3n) is 4.43. The Morgan fingerprint density at radius 3 is 2.67 bits per heavy atom. The summed E-state index contributed by atoms with van der Waals surface area (Å²) in [4.78, 5) is 31.1. The number of fused-ring (bicyclic) bond motifs is 1. The number of hydrogen-bond acceptors (Lipinski definition) is 5. The highest BCUT2D eigenvalue weighted by atomic mass is 127. The summed E-state index contributed by atoms with van der Waals surface area (Å²) in [7, 11) is 0. The molecule has 2 aromatic carbocycles. The average Bonchev–Trinajstić information content (AvgIpc) is 3.27. The first-order valence-electron chi connectivity index (χ1n) is 9.28. The van der Waals surface area contributed by atoms with Crippen molar-refractivity contribution in [2.75, 3.05) is 6.61 Å². The number of hydrogen-bond donors (Lipinski definition) is 0. The molecule has 4 rings (SSSR count). The van der Waals surface area contributed by atoms with Gasteiger partial charge in [0.25, 0.3) is 5.56 Å². The van der Waals surface area contributed by atoms with Crippen LogP contribution in [0.3, 0.4) is 0 Å². The monoisotopic (exact) mass is 528 g/mol. The highest BCUT2D eigenvalue weighted by molar-refractivity contribution is 14.1. The normalized spacial score (nSPS) is 11.3. The molecule has 5 nitrogen and oxygen atoms in total. The minimum Gasteiger partial charge on any atom is -0.462 e. The fourth-order valence-electron chi connectivity index (χ4n) is 3.04. The molecule has 0 bridgehead atoms. The van der Waals surface area contributed by atoms with E-state index in [9.17, 15) is 9.59 Å². The molecular formula is C23H17IN2O3S. The molecule has 0 spiro atoms. The zero-order valence-corrected chi connectivity index (χ0v) is 19.0. The molecule has 0 N–H and O–H groups in total. The van der Waals surface area contributed by atoms with Crippen LogP contribution in [-0.2, 0) is 4.74 Å². The molecule has 0 saturated heterocycles. The average molecular weight is 528 g/mol. The number of carbonyl (C=O) groups is 1. The van der Waals surface area contributed by atoms with E-state index in [4.69, 9.17) is 9.72 Å². The Balaban J connectivity index is 1.87.